The van der Waals surface area contributed by atoms with Crippen molar-refractivity contribution in [3.05, 3.63) is 59.7 Å². The first kappa shape index (κ1) is 17.8. The Hall–Kier alpha value is -2.04. The Bertz CT molecular complexity index is 674. The van der Waals surface area contributed by atoms with Crippen molar-refractivity contribution in [2.45, 2.75) is 51.1 Å². The summed E-state index contributed by atoms with van der Waals surface area (Å²) in [5, 5.41) is 0. The number of rotatable bonds is 8. The zero-order valence-corrected chi connectivity index (χ0v) is 15.0. The molecule has 1 aliphatic rings. The molecule has 134 valence electrons. The molecule has 0 bridgehead atoms. The maximum atomic E-state index is 6.13. The fourth-order valence-electron chi connectivity index (χ4n) is 3.40. The second-order valence-electron chi connectivity index (χ2n) is 6.71. The van der Waals surface area contributed by atoms with E-state index >= 15 is 0 Å². The van der Waals surface area contributed by atoms with E-state index in [1.165, 1.54) is 24.8 Å². The number of para-hydroxylation sites is 2. The maximum Gasteiger partial charge on any atom is 0.124 e. The molecule has 0 aliphatic carbocycles. The topological polar surface area (TPSA) is 59.3 Å². The molecule has 1 saturated heterocycles. The van der Waals surface area contributed by atoms with Gasteiger partial charge in [-0.3, -0.25) is 0 Å². The fraction of sp³-hybridized carbons (Fsp3) is 0.429. The number of hydrogen-bond donors (Lipinski definition) is 3. The number of ether oxygens (including phenoxy) is 1. The van der Waals surface area contributed by atoms with Gasteiger partial charge >= 0.3 is 0 Å². The smallest absolute Gasteiger partial charge is 0.124 e. The Morgan fingerprint density at radius 2 is 1.60 bits per heavy atom. The number of nitrogens with two attached hydrogens (primary N) is 1. The Labute approximate surface area is 150 Å². The molecule has 2 unspecified atom stereocenters. The van der Waals surface area contributed by atoms with Gasteiger partial charge in [-0.25, -0.2) is 10.9 Å². The molecule has 4 N–H and O–H groups in total. The molecular weight excluding hydrogens is 310 g/mol. The standard InChI is InChI=1S/C21H29N3O/c1-2-3-4-9-14-25-21-13-8-6-11-17(21)20-15-19(23-24-20)16-10-5-7-12-18(16)22/h5-8,10-13,19-20,23-24H,2-4,9,14-15,22H2,1H3. The van der Waals surface area contributed by atoms with Crippen LogP contribution in [0.4, 0.5) is 5.69 Å². The highest BCUT2D eigenvalue weighted by Gasteiger charge is 2.28. The minimum absolute atomic E-state index is 0.212. The van der Waals surface area contributed by atoms with Crippen LogP contribution in [-0.4, -0.2) is 6.61 Å². The van der Waals surface area contributed by atoms with E-state index in [0.717, 1.165) is 36.4 Å². The molecule has 3 rings (SSSR count). The lowest BCUT2D eigenvalue weighted by Gasteiger charge is -2.16. The normalized spacial score (nSPS) is 19.9. The van der Waals surface area contributed by atoms with Gasteiger partial charge in [0.25, 0.3) is 0 Å². The van der Waals surface area contributed by atoms with Gasteiger partial charge in [0.15, 0.2) is 0 Å². The van der Waals surface area contributed by atoms with Crippen molar-refractivity contribution in [2.24, 2.45) is 0 Å². The fourth-order valence-corrected chi connectivity index (χ4v) is 3.40. The molecule has 1 heterocycles. The molecule has 1 fully saturated rings. The zero-order chi connectivity index (χ0) is 17.5. The number of nitrogen functional groups attached to an aromatic ring is 1. The molecule has 4 heteroatoms. The van der Waals surface area contributed by atoms with Crippen LogP contribution in [0.1, 0.15) is 62.2 Å². The van der Waals surface area contributed by atoms with Crippen LogP contribution < -0.4 is 21.3 Å². The van der Waals surface area contributed by atoms with Gasteiger partial charge in [-0.2, -0.15) is 0 Å². The van der Waals surface area contributed by atoms with Gasteiger partial charge < -0.3 is 10.5 Å². The third-order valence-corrected chi connectivity index (χ3v) is 4.82. The number of benzene rings is 2. The van der Waals surface area contributed by atoms with Crippen molar-refractivity contribution >= 4 is 5.69 Å². The molecule has 25 heavy (non-hydrogen) atoms. The summed E-state index contributed by atoms with van der Waals surface area (Å²) in [5.74, 6) is 0.986. The molecule has 4 nitrogen and oxygen atoms in total. The van der Waals surface area contributed by atoms with Crippen LogP contribution >= 0.6 is 0 Å². The molecule has 0 aromatic heterocycles. The maximum absolute atomic E-state index is 6.13. The van der Waals surface area contributed by atoms with Crippen LogP contribution in [0.3, 0.4) is 0 Å². The summed E-state index contributed by atoms with van der Waals surface area (Å²) in [6.07, 6.45) is 5.82. The highest BCUT2D eigenvalue weighted by Crippen LogP contribution is 2.36. The molecule has 2 aromatic carbocycles. The van der Waals surface area contributed by atoms with E-state index in [-0.39, 0.29) is 12.1 Å². The minimum Gasteiger partial charge on any atom is -0.493 e. The summed E-state index contributed by atoms with van der Waals surface area (Å²) in [5.41, 5.74) is 16.1. The third kappa shape index (κ3) is 4.53. The highest BCUT2D eigenvalue weighted by atomic mass is 16.5. The van der Waals surface area contributed by atoms with Crippen LogP contribution in [0.2, 0.25) is 0 Å². The molecule has 0 radical (unpaired) electrons. The Morgan fingerprint density at radius 3 is 2.36 bits per heavy atom. The Morgan fingerprint density at radius 1 is 0.920 bits per heavy atom. The van der Waals surface area contributed by atoms with Crippen molar-refractivity contribution in [3.63, 3.8) is 0 Å². The average Bonchev–Trinajstić information content (AvgIpc) is 3.12. The van der Waals surface area contributed by atoms with Gasteiger partial charge in [0.2, 0.25) is 0 Å². The van der Waals surface area contributed by atoms with Gasteiger partial charge in [0.1, 0.15) is 5.75 Å². The monoisotopic (exact) mass is 339 g/mol. The number of hydrazine groups is 1. The van der Waals surface area contributed by atoms with E-state index in [1.807, 2.05) is 24.3 Å². The summed E-state index contributed by atoms with van der Waals surface area (Å²) < 4.78 is 6.07. The second-order valence-corrected chi connectivity index (χ2v) is 6.71. The molecular formula is C21H29N3O. The molecule has 2 atom stereocenters. The summed E-state index contributed by atoms with van der Waals surface area (Å²) in [7, 11) is 0. The second kappa shape index (κ2) is 8.88. The van der Waals surface area contributed by atoms with Crippen LogP contribution in [0.25, 0.3) is 0 Å². The van der Waals surface area contributed by atoms with Gasteiger partial charge in [-0.15, -0.1) is 0 Å². The summed E-state index contributed by atoms with van der Waals surface area (Å²) in [4.78, 5) is 0. The lowest BCUT2D eigenvalue weighted by molar-refractivity contribution is 0.299. The summed E-state index contributed by atoms with van der Waals surface area (Å²) in [6, 6.07) is 16.8. The van der Waals surface area contributed by atoms with E-state index in [1.54, 1.807) is 0 Å². The summed E-state index contributed by atoms with van der Waals surface area (Å²) in [6.45, 7) is 3.01. The third-order valence-electron chi connectivity index (χ3n) is 4.82. The molecule has 2 aromatic rings. The summed E-state index contributed by atoms with van der Waals surface area (Å²) >= 11 is 0. The van der Waals surface area contributed by atoms with Crippen molar-refractivity contribution < 1.29 is 4.74 Å². The number of unbranched alkanes of at least 4 members (excludes halogenated alkanes) is 3. The molecule has 0 saturated carbocycles. The van der Waals surface area contributed by atoms with Crippen LogP contribution in [0, 0.1) is 0 Å². The van der Waals surface area contributed by atoms with Crippen molar-refractivity contribution in [3.8, 4) is 5.75 Å². The lowest BCUT2D eigenvalue weighted by Crippen LogP contribution is -2.27. The van der Waals surface area contributed by atoms with Crippen LogP contribution in [0.15, 0.2) is 48.5 Å². The number of anilines is 1. The van der Waals surface area contributed by atoms with Crippen LogP contribution in [-0.2, 0) is 0 Å². The quantitative estimate of drug-likeness (QED) is 0.489. The Kier molecular flexibility index (Phi) is 6.31. The number of nitrogens with one attached hydrogen (secondary N) is 2. The number of hydrogen-bond acceptors (Lipinski definition) is 4. The highest BCUT2D eigenvalue weighted by molar-refractivity contribution is 5.49. The largest absolute Gasteiger partial charge is 0.493 e. The predicted molar refractivity (Wildman–Crippen MR) is 103 cm³/mol. The average molecular weight is 339 g/mol. The predicted octanol–water partition coefficient (Wildman–Crippen LogP) is 4.51. The van der Waals surface area contributed by atoms with E-state index in [2.05, 4.69) is 42.0 Å². The van der Waals surface area contributed by atoms with Gasteiger partial charge in [-0.05, 0) is 30.5 Å². The SMILES string of the molecule is CCCCCCOc1ccccc1C1CC(c2ccccc2N)NN1. The first-order chi connectivity index (χ1) is 12.3. The van der Waals surface area contributed by atoms with E-state index < -0.39 is 0 Å². The van der Waals surface area contributed by atoms with Gasteiger partial charge in [0.05, 0.1) is 18.7 Å². The molecule has 0 amide bonds. The van der Waals surface area contributed by atoms with E-state index in [4.69, 9.17) is 10.5 Å². The lowest BCUT2D eigenvalue weighted by atomic mass is 9.96. The molecule has 0 spiro atoms. The van der Waals surface area contributed by atoms with Gasteiger partial charge in [-0.1, -0.05) is 62.6 Å². The molecule has 1 aliphatic heterocycles. The van der Waals surface area contributed by atoms with E-state index in [0.29, 0.717) is 0 Å². The van der Waals surface area contributed by atoms with E-state index in [9.17, 15) is 0 Å². The van der Waals surface area contributed by atoms with Crippen LogP contribution in [0.5, 0.6) is 5.75 Å². The first-order valence-corrected chi connectivity index (χ1v) is 9.36. The van der Waals surface area contributed by atoms with Crippen molar-refractivity contribution in [2.75, 3.05) is 12.3 Å². The zero-order valence-electron chi connectivity index (χ0n) is 15.0. The minimum atomic E-state index is 0.212. The Balaban J connectivity index is 1.64. The van der Waals surface area contributed by atoms with Gasteiger partial charge in [0, 0.05) is 11.3 Å². The van der Waals surface area contributed by atoms with Crippen molar-refractivity contribution in [1.82, 2.24) is 10.9 Å². The first-order valence-electron chi connectivity index (χ1n) is 9.36. The van der Waals surface area contributed by atoms with Crippen molar-refractivity contribution in [1.29, 1.82) is 0 Å².